The third-order valence-electron chi connectivity index (χ3n) is 4.24. The summed E-state index contributed by atoms with van der Waals surface area (Å²) in [7, 11) is 0. The number of ether oxygens (including phenoxy) is 1. The van der Waals surface area contributed by atoms with Gasteiger partial charge in [0.25, 0.3) is 0 Å². The highest BCUT2D eigenvalue weighted by molar-refractivity contribution is 5.34. The Balaban J connectivity index is 1.99. The summed E-state index contributed by atoms with van der Waals surface area (Å²) < 4.78 is 10.6. The first-order chi connectivity index (χ1) is 10.8. The fourth-order valence-electron chi connectivity index (χ4n) is 2.92. The molecule has 1 N–H and O–H groups in total. The third-order valence-corrected chi connectivity index (χ3v) is 4.24. The van der Waals surface area contributed by atoms with Gasteiger partial charge in [-0.25, -0.2) is 0 Å². The molecule has 0 aromatic carbocycles. The van der Waals surface area contributed by atoms with E-state index in [0.29, 0.717) is 11.5 Å². The second-order valence-corrected chi connectivity index (χ2v) is 6.62. The monoisotopic (exact) mass is 316 g/mol. The molecule has 0 atom stereocenters. The van der Waals surface area contributed by atoms with E-state index in [2.05, 4.69) is 33.4 Å². The lowest BCUT2D eigenvalue weighted by Gasteiger charge is -2.32. The highest BCUT2D eigenvalue weighted by atomic mass is 16.5. The van der Waals surface area contributed by atoms with Crippen molar-refractivity contribution >= 4 is 0 Å². The Kier molecular flexibility index (Phi) is 5.14. The Bertz CT molecular complexity index is 704. The minimum absolute atomic E-state index is 0.0973. The SMILES string of the molecule is C=C(/C=C/C1=C(C)CCCC1(C)C)OCc1cc(=O)c(O)co1. The summed E-state index contributed by atoms with van der Waals surface area (Å²) in [5.74, 6) is 0.438. The van der Waals surface area contributed by atoms with E-state index in [4.69, 9.17) is 14.3 Å². The molecule has 0 radical (unpaired) electrons. The molecule has 0 saturated carbocycles. The second-order valence-electron chi connectivity index (χ2n) is 6.62. The van der Waals surface area contributed by atoms with Crippen LogP contribution >= 0.6 is 0 Å². The molecule has 1 heterocycles. The summed E-state index contributed by atoms with van der Waals surface area (Å²) >= 11 is 0. The summed E-state index contributed by atoms with van der Waals surface area (Å²) in [4.78, 5) is 11.3. The van der Waals surface area contributed by atoms with E-state index < -0.39 is 11.2 Å². The fourth-order valence-corrected chi connectivity index (χ4v) is 2.92. The molecule has 1 aromatic rings. The van der Waals surface area contributed by atoms with Crippen molar-refractivity contribution < 1.29 is 14.3 Å². The summed E-state index contributed by atoms with van der Waals surface area (Å²) in [6.07, 6.45) is 8.48. The predicted octanol–water partition coefficient (Wildman–Crippen LogP) is 4.46. The average Bonchev–Trinajstić information content (AvgIpc) is 2.47. The first-order valence-electron chi connectivity index (χ1n) is 7.80. The molecule has 4 heteroatoms. The van der Waals surface area contributed by atoms with Crippen LogP contribution < -0.4 is 5.43 Å². The van der Waals surface area contributed by atoms with Gasteiger partial charge in [0, 0.05) is 6.07 Å². The van der Waals surface area contributed by atoms with E-state index in [0.717, 1.165) is 12.7 Å². The van der Waals surface area contributed by atoms with Crippen LogP contribution in [0.2, 0.25) is 0 Å². The van der Waals surface area contributed by atoms with Crippen LogP contribution in [0.1, 0.15) is 45.8 Å². The molecule has 0 spiro atoms. The van der Waals surface area contributed by atoms with Crippen molar-refractivity contribution in [3.05, 3.63) is 63.9 Å². The van der Waals surface area contributed by atoms with Gasteiger partial charge in [0.2, 0.25) is 5.43 Å². The van der Waals surface area contributed by atoms with E-state index in [1.54, 1.807) is 0 Å². The highest BCUT2D eigenvalue weighted by Crippen LogP contribution is 2.40. The van der Waals surface area contributed by atoms with Crippen LogP contribution in [0.15, 0.2) is 57.2 Å². The van der Waals surface area contributed by atoms with Gasteiger partial charge in [-0.1, -0.05) is 32.1 Å². The van der Waals surface area contributed by atoms with Crippen molar-refractivity contribution in [2.24, 2.45) is 5.41 Å². The molecule has 1 aromatic heterocycles. The van der Waals surface area contributed by atoms with Crippen molar-refractivity contribution in [2.75, 3.05) is 0 Å². The minimum Gasteiger partial charge on any atom is -0.502 e. The predicted molar refractivity (Wildman–Crippen MR) is 90.0 cm³/mol. The highest BCUT2D eigenvalue weighted by Gasteiger charge is 2.26. The maximum atomic E-state index is 11.3. The number of rotatable bonds is 5. The van der Waals surface area contributed by atoms with Gasteiger partial charge < -0.3 is 14.3 Å². The lowest BCUT2D eigenvalue weighted by atomic mass is 9.72. The van der Waals surface area contributed by atoms with Gasteiger partial charge in [0.05, 0.1) is 0 Å². The summed E-state index contributed by atoms with van der Waals surface area (Å²) in [6.45, 7) is 10.6. The summed E-state index contributed by atoms with van der Waals surface area (Å²) in [5, 5.41) is 9.14. The van der Waals surface area contributed by atoms with Crippen LogP contribution in [0.25, 0.3) is 0 Å². The smallest absolute Gasteiger partial charge is 0.226 e. The van der Waals surface area contributed by atoms with Gasteiger partial charge in [-0.2, -0.15) is 0 Å². The summed E-state index contributed by atoms with van der Waals surface area (Å²) in [5.41, 5.74) is 2.43. The maximum absolute atomic E-state index is 11.3. The Morgan fingerprint density at radius 1 is 1.52 bits per heavy atom. The quantitative estimate of drug-likeness (QED) is 0.643. The molecular weight excluding hydrogens is 292 g/mol. The van der Waals surface area contributed by atoms with Crippen LogP contribution in [0.5, 0.6) is 5.75 Å². The van der Waals surface area contributed by atoms with Crippen LogP contribution in [-0.2, 0) is 11.3 Å². The van der Waals surface area contributed by atoms with Crippen molar-refractivity contribution in [1.82, 2.24) is 0 Å². The number of aromatic hydroxyl groups is 1. The van der Waals surface area contributed by atoms with Gasteiger partial charge >= 0.3 is 0 Å². The zero-order valence-electron chi connectivity index (χ0n) is 14.0. The van der Waals surface area contributed by atoms with E-state index in [9.17, 15) is 4.79 Å². The van der Waals surface area contributed by atoms with Crippen LogP contribution in [0, 0.1) is 5.41 Å². The molecule has 0 saturated heterocycles. The first-order valence-corrected chi connectivity index (χ1v) is 7.80. The Morgan fingerprint density at radius 3 is 2.91 bits per heavy atom. The number of allylic oxidation sites excluding steroid dienone is 4. The maximum Gasteiger partial charge on any atom is 0.226 e. The number of hydrogen-bond donors (Lipinski definition) is 1. The molecule has 0 fully saturated rings. The molecule has 124 valence electrons. The topological polar surface area (TPSA) is 59.7 Å². The molecule has 1 aliphatic rings. The third kappa shape index (κ3) is 4.38. The van der Waals surface area contributed by atoms with Crippen LogP contribution in [-0.4, -0.2) is 5.11 Å². The molecular formula is C19H24O4. The van der Waals surface area contributed by atoms with Gasteiger partial charge in [-0.3, -0.25) is 4.79 Å². The summed E-state index contributed by atoms with van der Waals surface area (Å²) in [6, 6.07) is 1.21. The lowest BCUT2D eigenvalue weighted by molar-refractivity contribution is 0.186. The Hall–Kier alpha value is -2.23. The van der Waals surface area contributed by atoms with Crippen LogP contribution in [0.3, 0.4) is 0 Å². The van der Waals surface area contributed by atoms with Crippen molar-refractivity contribution in [3.63, 3.8) is 0 Å². The van der Waals surface area contributed by atoms with Gasteiger partial charge in [0.15, 0.2) is 5.75 Å². The molecule has 2 rings (SSSR count). The average molecular weight is 316 g/mol. The molecule has 23 heavy (non-hydrogen) atoms. The zero-order chi connectivity index (χ0) is 17.0. The molecule has 1 aliphatic carbocycles. The van der Waals surface area contributed by atoms with Gasteiger partial charge in [-0.15, -0.1) is 0 Å². The van der Waals surface area contributed by atoms with E-state index >= 15 is 0 Å². The van der Waals surface area contributed by atoms with Crippen molar-refractivity contribution in [2.45, 2.75) is 46.6 Å². The minimum atomic E-state index is -0.485. The first kappa shape index (κ1) is 17.1. The van der Waals surface area contributed by atoms with Crippen molar-refractivity contribution in [3.8, 4) is 5.75 Å². The number of hydrogen-bond acceptors (Lipinski definition) is 4. The van der Waals surface area contributed by atoms with E-state index in [1.165, 1.54) is 30.1 Å². The van der Waals surface area contributed by atoms with E-state index in [-0.39, 0.29) is 12.0 Å². The standard InChI is InChI=1S/C19H24O4/c1-13-6-5-9-19(3,4)16(13)8-7-14(2)22-11-15-10-17(20)18(21)12-23-15/h7-8,10,12,21H,2,5-6,9,11H2,1,3-4H3/b8-7+. The Morgan fingerprint density at radius 2 is 2.26 bits per heavy atom. The van der Waals surface area contributed by atoms with Crippen LogP contribution in [0.4, 0.5) is 0 Å². The second kappa shape index (κ2) is 6.90. The Labute approximate surface area is 136 Å². The van der Waals surface area contributed by atoms with E-state index in [1.807, 2.05) is 6.08 Å². The normalized spacial score (nSPS) is 17.5. The largest absolute Gasteiger partial charge is 0.502 e. The van der Waals surface area contributed by atoms with Gasteiger partial charge in [-0.05, 0) is 43.3 Å². The molecule has 4 nitrogen and oxygen atoms in total. The zero-order valence-corrected chi connectivity index (χ0v) is 14.0. The van der Waals surface area contributed by atoms with Crippen molar-refractivity contribution in [1.29, 1.82) is 0 Å². The molecule has 0 amide bonds. The lowest BCUT2D eigenvalue weighted by Crippen LogP contribution is -2.19. The molecule has 0 unspecified atom stereocenters. The molecule has 0 aliphatic heterocycles. The molecule has 0 bridgehead atoms. The van der Waals surface area contributed by atoms with Gasteiger partial charge in [0.1, 0.15) is 24.4 Å². The fraction of sp³-hybridized carbons (Fsp3) is 0.421.